The maximum atomic E-state index is 12.5. The highest BCUT2D eigenvalue weighted by atomic mass is 16.1. The summed E-state index contributed by atoms with van der Waals surface area (Å²) in [5.41, 5.74) is 4.49. The summed E-state index contributed by atoms with van der Waals surface area (Å²) in [4.78, 5) is 31.4. The van der Waals surface area contributed by atoms with Crippen LogP contribution in [-0.4, -0.2) is 51.3 Å². The van der Waals surface area contributed by atoms with E-state index in [2.05, 4.69) is 44.7 Å². The van der Waals surface area contributed by atoms with Gasteiger partial charge in [0, 0.05) is 35.3 Å². The lowest BCUT2D eigenvalue weighted by molar-refractivity contribution is -0.113. The fraction of sp³-hybridized carbons (Fsp3) is 0.500. The number of Topliss-reactive ketones (excluding diaryl/α,β-unsaturated/α-hetero) is 1. The average molecular weight is 473 g/mol. The van der Waals surface area contributed by atoms with Crippen molar-refractivity contribution in [2.75, 3.05) is 29.9 Å². The zero-order valence-electron chi connectivity index (χ0n) is 21.2. The van der Waals surface area contributed by atoms with Crippen molar-refractivity contribution in [3.05, 3.63) is 53.5 Å². The third kappa shape index (κ3) is 4.61. The first-order valence-electron chi connectivity index (χ1n) is 13.0. The van der Waals surface area contributed by atoms with Crippen LogP contribution in [0.5, 0.6) is 0 Å². The van der Waals surface area contributed by atoms with E-state index in [1.54, 1.807) is 13.1 Å². The lowest BCUT2D eigenvalue weighted by atomic mass is 9.90. The number of anilines is 3. The molecule has 1 N–H and O–H groups in total. The van der Waals surface area contributed by atoms with E-state index in [9.17, 15) is 4.79 Å². The second-order valence-electron chi connectivity index (χ2n) is 10.0. The molecule has 0 spiro atoms. The van der Waals surface area contributed by atoms with Crippen molar-refractivity contribution in [1.29, 1.82) is 0 Å². The smallest absolute Gasteiger partial charge is 0.230 e. The van der Waals surface area contributed by atoms with E-state index >= 15 is 0 Å². The highest BCUT2D eigenvalue weighted by Crippen LogP contribution is 2.42. The van der Waals surface area contributed by atoms with Crippen molar-refractivity contribution in [2.24, 2.45) is 0 Å². The summed E-state index contributed by atoms with van der Waals surface area (Å²) < 4.78 is 0. The molecule has 0 unspecified atom stereocenters. The van der Waals surface area contributed by atoms with E-state index in [1.807, 2.05) is 19.2 Å². The number of ketones is 1. The molecule has 0 bridgehead atoms. The number of rotatable bonds is 6. The molecule has 2 aliphatic heterocycles. The molecule has 1 saturated heterocycles. The fourth-order valence-electron chi connectivity index (χ4n) is 5.96. The molecule has 7 heteroatoms. The Bertz CT molecular complexity index is 1140. The van der Waals surface area contributed by atoms with Gasteiger partial charge in [0.1, 0.15) is 11.6 Å². The summed E-state index contributed by atoms with van der Waals surface area (Å²) in [5.74, 6) is 2.69. The Labute approximate surface area is 208 Å². The molecule has 1 saturated carbocycles. The van der Waals surface area contributed by atoms with Gasteiger partial charge in [0.25, 0.3) is 0 Å². The molecular weight excluding hydrogens is 436 g/mol. The van der Waals surface area contributed by atoms with Crippen LogP contribution >= 0.6 is 0 Å². The number of pyridine rings is 1. The summed E-state index contributed by atoms with van der Waals surface area (Å²) in [6.45, 7) is 13.5. The van der Waals surface area contributed by atoms with E-state index in [0.717, 1.165) is 55.4 Å². The van der Waals surface area contributed by atoms with Gasteiger partial charge in [-0.05, 0) is 82.3 Å². The number of likely N-dealkylation sites (tertiary alicyclic amines) is 1. The number of carbonyl (C=O) groups is 1. The van der Waals surface area contributed by atoms with Gasteiger partial charge in [-0.25, -0.2) is 9.97 Å². The minimum Gasteiger partial charge on any atom is -0.326 e. The van der Waals surface area contributed by atoms with Gasteiger partial charge < -0.3 is 15.1 Å². The first-order chi connectivity index (χ1) is 17.0. The van der Waals surface area contributed by atoms with Gasteiger partial charge in [0.05, 0.1) is 0 Å². The summed E-state index contributed by atoms with van der Waals surface area (Å²) in [5, 5.41) is 3.29. The summed E-state index contributed by atoms with van der Waals surface area (Å²) in [6.07, 6.45) is 10.8. The van der Waals surface area contributed by atoms with Gasteiger partial charge in [0.15, 0.2) is 5.78 Å². The molecule has 35 heavy (non-hydrogen) atoms. The molecule has 3 aliphatic rings. The van der Waals surface area contributed by atoms with Gasteiger partial charge >= 0.3 is 0 Å². The molecule has 0 aromatic carbocycles. The molecule has 0 amide bonds. The maximum Gasteiger partial charge on any atom is 0.230 e. The maximum absolute atomic E-state index is 12.5. The Hall–Kier alpha value is -3.06. The molecular formula is C28H36N6O. The number of nitrogens with one attached hydrogen (secondary N) is 1. The van der Waals surface area contributed by atoms with Gasteiger partial charge in [-0.1, -0.05) is 32.4 Å². The number of nitrogens with zero attached hydrogens (tertiary/aromatic N) is 5. The lowest BCUT2D eigenvalue weighted by Crippen LogP contribution is -2.37. The van der Waals surface area contributed by atoms with Gasteiger partial charge in [-0.2, -0.15) is 4.98 Å². The fourth-order valence-corrected chi connectivity index (χ4v) is 5.96. The second-order valence-corrected chi connectivity index (χ2v) is 10.0. The quantitative estimate of drug-likeness (QED) is 0.599. The number of fused-ring (bicyclic) bond motifs is 1. The summed E-state index contributed by atoms with van der Waals surface area (Å²) in [6, 6.07) is 4.55. The van der Waals surface area contributed by atoms with Crippen LogP contribution in [0, 0.1) is 0 Å². The number of hydrogen-bond donors (Lipinski definition) is 1. The first kappa shape index (κ1) is 23.7. The average Bonchev–Trinajstić information content (AvgIpc) is 3.39. The second kappa shape index (κ2) is 9.90. The van der Waals surface area contributed by atoms with Gasteiger partial charge in [-0.15, -0.1) is 0 Å². The summed E-state index contributed by atoms with van der Waals surface area (Å²) in [7, 11) is 0. The normalized spacial score (nSPS) is 19.9. The molecule has 0 atom stereocenters. The molecule has 5 rings (SSSR count). The highest BCUT2D eigenvalue weighted by Gasteiger charge is 2.35. The zero-order valence-corrected chi connectivity index (χ0v) is 21.2. The van der Waals surface area contributed by atoms with Crippen molar-refractivity contribution in [1.82, 2.24) is 19.9 Å². The standard InChI is InChI=1S/C28H36N6O/c1-5-33-14-12-21(13-15-33)22-10-11-25(29-16-22)31-28-30-17-24-18(2)26(20(4)35)19(3)34(27(24)32-28)23-8-6-7-9-23/h10-11,16-17,21,23H,2,5-9,12-15H2,1,3-4H3,(H,29,30,31,32). The zero-order chi connectivity index (χ0) is 24.5. The number of piperidine rings is 1. The number of aromatic nitrogens is 3. The van der Waals surface area contributed by atoms with E-state index in [4.69, 9.17) is 4.98 Å². The molecule has 4 heterocycles. The topological polar surface area (TPSA) is 74.2 Å². The van der Waals surface area contributed by atoms with Crippen molar-refractivity contribution >= 4 is 28.9 Å². The number of allylic oxidation sites excluding steroid dienone is 3. The Kier molecular flexibility index (Phi) is 6.69. The van der Waals surface area contributed by atoms with Crippen LogP contribution in [0.1, 0.15) is 76.3 Å². The van der Waals surface area contributed by atoms with E-state index in [0.29, 0.717) is 29.1 Å². The molecule has 0 radical (unpaired) electrons. The third-order valence-electron chi connectivity index (χ3n) is 7.92. The summed E-state index contributed by atoms with van der Waals surface area (Å²) >= 11 is 0. The predicted octanol–water partition coefficient (Wildman–Crippen LogP) is 5.45. The molecule has 7 nitrogen and oxygen atoms in total. The molecule has 184 valence electrons. The van der Waals surface area contributed by atoms with Crippen LogP contribution in [0.25, 0.3) is 5.57 Å². The monoisotopic (exact) mass is 472 g/mol. The first-order valence-corrected chi connectivity index (χ1v) is 13.0. The van der Waals surface area contributed by atoms with Crippen molar-refractivity contribution in [3.8, 4) is 0 Å². The number of hydrogen-bond acceptors (Lipinski definition) is 7. The van der Waals surface area contributed by atoms with Gasteiger partial charge in [-0.3, -0.25) is 4.79 Å². The Balaban J connectivity index is 1.38. The van der Waals surface area contributed by atoms with E-state index < -0.39 is 0 Å². The molecule has 2 fully saturated rings. The van der Waals surface area contributed by atoms with Crippen LogP contribution in [-0.2, 0) is 4.79 Å². The van der Waals surface area contributed by atoms with E-state index in [-0.39, 0.29) is 5.78 Å². The Morgan fingerprint density at radius 2 is 1.86 bits per heavy atom. The van der Waals surface area contributed by atoms with Crippen molar-refractivity contribution in [3.63, 3.8) is 0 Å². The Morgan fingerprint density at radius 3 is 2.49 bits per heavy atom. The highest BCUT2D eigenvalue weighted by molar-refractivity contribution is 6.12. The van der Waals surface area contributed by atoms with Crippen molar-refractivity contribution < 1.29 is 4.79 Å². The van der Waals surface area contributed by atoms with Crippen molar-refractivity contribution in [2.45, 2.75) is 71.3 Å². The predicted molar refractivity (Wildman–Crippen MR) is 141 cm³/mol. The SMILES string of the molecule is C=C1C(C(C)=O)=C(C)N(C2CCCC2)c2nc(Nc3ccc(C4CCN(CC)CC4)cn3)ncc21. The van der Waals surface area contributed by atoms with Crippen LogP contribution in [0.15, 0.2) is 42.4 Å². The Morgan fingerprint density at radius 1 is 1.11 bits per heavy atom. The largest absolute Gasteiger partial charge is 0.326 e. The molecule has 2 aromatic rings. The van der Waals surface area contributed by atoms with Crippen LogP contribution < -0.4 is 10.2 Å². The van der Waals surface area contributed by atoms with Crippen LogP contribution in [0.4, 0.5) is 17.6 Å². The van der Waals surface area contributed by atoms with E-state index in [1.165, 1.54) is 31.2 Å². The lowest BCUT2D eigenvalue weighted by Gasteiger charge is -2.37. The molecule has 2 aromatic heterocycles. The van der Waals surface area contributed by atoms with Crippen LogP contribution in [0.3, 0.4) is 0 Å². The number of carbonyl (C=O) groups excluding carboxylic acids is 1. The third-order valence-corrected chi connectivity index (χ3v) is 7.92. The van der Waals surface area contributed by atoms with Gasteiger partial charge in [0.2, 0.25) is 5.95 Å². The minimum absolute atomic E-state index is 0.0352. The molecule has 1 aliphatic carbocycles. The minimum atomic E-state index is 0.0352. The van der Waals surface area contributed by atoms with Crippen LogP contribution in [0.2, 0.25) is 0 Å².